The number of anilines is 3. The molecule has 0 unspecified atom stereocenters. The highest BCUT2D eigenvalue weighted by molar-refractivity contribution is 6.08. The summed E-state index contributed by atoms with van der Waals surface area (Å²) in [6.07, 6.45) is 4.79. The van der Waals surface area contributed by atoms with Gasteiger partial charge in [-0.2, -0.15) is 0 Å². The van der Waals surface area contributed by atoms with Gasteiger partial charge in [0, 0.05) is 52.7 Å². The number of amides is 4. The fourth-order valence-corrected chi connectivity index (χ4v) is 3.57. The Hall–Kier alpha value is -5.14. The van der Waals surface area contributed by atoms with Crippen LogP contribution in [0.5, 0.6) is 0 Å². The first-order chi connectivity index (χ1) is 17.8. The van der Waals surface area contributed by atoms with Gasteiger partial charge in [0.05, 0.1) is 22.9 Å². The van der Waals surface area contributed by atoms with Crippen LogP contribution in [0.2, 0.25) is 0 Å². The number of hydrogen-bond donors (Lipinski definition) is 6. The van der Waals surface area contributed by atoms with E-state index in [1.807, 2.05) is 0 Å². The van der Waals surface area contributed by atoms with Gasteiger partial charge in [0.25, 0.3) is 23.6 Å². The summed E-state index contributed by atoms with van der Waals surface area (Å²) in [5, 5.41) is 17.6. The van der Waals surface area contributed by atoms with Gasteiger partial charge in [-0.3, -0.25) is 24.6 Å². The van der Waals surface area contributed by atoms with E-state index < -0.39 is 23.5 Å². The summed E-state index contributed by atoms with van der Waals surface area (Å²) in [5.41, 5.74) is 6.94. The van der Waals surface area contributed by atoms with Crippen molar-refractivity contribution in [2.24, 2.45) is 26.9 Å². The second kappa shape index (κ2) is 11.3. The number of rotatable bonds is 10. The minimum atomic E-state index is -1.16. The van der Waals surface area contributed by atoms with Crippen molar-refractivity contribution in [1.82, 2.24) is 19.0 Å². The van der Waals surface area contributed by atoms with Crippen LogP contribution in [0.25, 0.3) is 0 Å². The molecule has 0 aliphatic heterocycles. The highest BCUT2D eigenvalue weighted by Gasteiger charge is 2.19. The van der Waals surface area contributed by atoms with E-state index in [2.05, 4.69) is 27.8 Å². The Balaban J connectivity index is 1.66. The molecule has 0 bridgehead atoms. The van der Waals surface area contributed by atoms with Crippen LogP contribution in [0.4, 0.5) is 21.5 Å². The van der Waals surface area contributed by atoms with Crippen LogP contribution in [0.15, 0.2) is 49.2 Å². The second-order valence-electron chi connectivity index (χ2n) is 8.47. The molecule has 4 amide bonds. The van der Waals surface area contributed by atoms with Crippen molar-refractivity contribution in [3.05, 3.63) is 66.3 Å². The topological polar surface area (TPSA) is 181 Å². The van der Waals surface area contributed by atoms with E-state index >= 15 is 0 Å². The van der Waals surface area contributed by atoms with Crippen molar-refractivity contribution in [3.8, 4) is 0 Å². The van der Waals surface area contributed by atoms with Gasteiger partial charge >= 0.3 is 0 Å². The standard InChI is InChI=1S/C24H28FN9O4/c1-13(25)21(35)29-14-8-18(33(3)10-14)23(37)31-16-9-19(34(4)12-16)24(38)30-15-7-17(32(2)11-15)22(36)28-6-5-20(26)27/h7-12H,1,5-6H2,2-4H3,(H3,26,27)(H,28,36)(H,29,35)(H,30,38)(H,31,37). The van der Waals surface area contributed by atoms with Gasteiger partial charge in [0.2, 0.25) is 0 Å². The van der Waals surface area contributed by atoms with Gasteiger partial charge in [0.1, 0.15) is 17.1 Å². The lowest BCUT2D eigenvalue weighted by Crippen LogP contribution is -2.28. The second-order valence-corrected chi connectivity index (χ2v) is 8.47. The Morgan fingerprint density at radius 1 is 0.816 bits per heavy atom. The first kappa shape index (κ1) is 27.4. The lowest BCUT2D eigenvalue weighted by molar-refractivity contribution is -0.114. The maximum atomic E-state index is 12.9. The molecular formula is C24H28FN9O4. The van der Waals surface area contributed by atoms with E-state index in [0.717, 1.165) is 0 Å². The Kier molecular flexibility index (Phi) is 8.15. The number of hydrogen-bond acceptors (Lipinski definition) is 5. The summed E-state index contributed by atoms with van der Waals surface area (Å²) < 4.78 is 17.5. The molecule has 0 spiro atoms. The number of carbonyl (C=O) groups excluding carboxylic acids is 4. The van der Waals surface area contributed by atoms with E-state index in [-0.39, 0.29) is 41.8 Å². The predicted octanol–water partition coefficient (Wildman–Crippen LogP) is 1.68. The van der Waals surface area contributed by atoms with Crippen LogP contribution >= 0.6 is 0 Å². The molecule has 14 heteroatoms. The lowest BCUT2D eigenvalue weighted by atomic mass is 10.3. The fraction of sp³-hybridized carbons (Fsp3) is 0.208. The van der Waals surface area contributed by atoms with Gasteiger partial charge in [-0.1, -0.05) is 6.58 Å². The minimum absolute atomic E-state index is 0.0367. The van der Waals surface area contributed by atoms with Crippen molar-refractivity contribution >= 4 is 46.5 Å². The molecule has 0 aliphatic carbocycles. The predicted molar refractivity (Wildman–Crippen MR) is 140 cm³/mol. The molecule has 0 aromatic carbocycles. The van der Waals surface area contributed by atoms with Crippen LogP contribution in [0, 0.1) is 5.41 Å². The number of nitrogens with zero attached hydrogens (tertiary/aromatic N) is 3. The summed E-state index contributed by atoms with van der Waals surface area (Å²) in [6.45, 7) is 3.14. The lowest BCUT2D eigenvalue weighted by Gasteiger charge is -2.04. The zero-order valence-corrected chi connectivity index (χ0v) is 21.0. The van der Waals surface area contributed by atoms with E-state index in [1.165, 1.54) is 33.5 Å². The molecule has 200 valence electrons. The van der Waals surface area contributed by atoms with Crippen LogP contribution in [-0.2, 0) is 25.9 Å². The number of amidine groups is 1. The fourth-order valence-electron chi connectivity index (χ4n) is 3.57. The molecule has 7 N–H and O–H groups in total. The Morgan fingerprint density at radius 2 is 1.21 bits per heavy atom. The highest BCUT2D eigenvalue weighted by atomic mass is 19.1. The zero-order chi connectivity index (χ0) is 28.1. The van der Waals surface area contributed by atoms with Crippen LogP contribution in [0.3, 0.4) is 0 Å². The number of nitrogens with two attached hydrogens (primary N) is 1. The molecule has 0 atom stereocenters. The summed E-state index contributed by atoms with van der Waals surface area (Å²) in [6, 6.07) is 4.36. The number of nitrogens with one attached hydrogen (secondary N) is 5. The minimum Gasteiger partial charge on any atom is -0.388 e. The normalized spacial score (nSPS) is 10.5. The highest BCUT2D eigenvalue weighted by Crippen LogP contribution is 2.20. The molecular weight excluding hydrogens is 497 g/mol. The molecule has 13 nitrogen and oxygen atoms in total. The Morgan fingerprint density at radius 3 is 1.61 bits per heavy atom. The van der Waals surface area contributed by atoms with Crippen molar-refractivity contribution in [3.63, 3.8) is 0 Å². The van der Waals surface area contributed by atoms with Gasteiger partial charge in [-0.25, -0.2) is 4.39 Å². The maximum Gasteiger partial charge on any atom is 0.283 e. The number of aryl methyl sites for hydroxylation is 3. The van der Waals surface area contributed by atoms with Gasteiger partial charge < -0.3 is 40.7 Å². The monoisotopic (exact) mass is 525 g/mol. The third-order valence-corrected chi connectivity index (χ3v) is 5.41. The summed E-state index contributed by atoms with van der Waals surface area (Å²) in [4.78, 5) is 49.5. The van der Waals surface area contributed by atoms with Crippen LogP contribution in [-0.4, -0.2) is 49.7 Å². The molecule has 3 aromatic heterocycles. The molecule has 0 aliphatic rings. The third kappa shape index (κ3) is 6.54. The molecule has 38 heavy (non-hydrogen) atoms. The summed E-state index contributed by atoms with van der Waals surface area (Å²) >= 11 is 0. The summed E-state index contributed by atoms with van der Waals surface area (Å²) in [7, 11) is 4.86. The first-order valence-electron chi connectivity index (χ1n) is 11.2. The van der Waals surface area contributed by atoms with Crippen molar-refractivity contribution in [1.29, 1.82) is 5.41 Å². The number of carbonyl (C=O) groups is 4. The van der Waals surface area contributed by atoms with Crippen LogP contribution < -0.4 is 27.0 Å². The summed E-state index contributed by atoms with van der Waals surface area (Å²) in [5.74, 6) is -3.58. The van der Waals surface area contributed by atoms with Crippen molar-refractivity contribution < 1.29 is 23.6 Å². The van der Waals surface area contributed by atoms with E-state index in [9.17, 15) is 23.6 Å². The molecule has 3 heterocycles. The molecule has 0 saturated carbocycles. The smallest absolute Gasteiger partial charge is 0.283 e. The average molecular weight is 526 g/mol. The quantitative estimate of drug-likeness (QED) is 0.134. The van der Waals surface area contributed by atoms with E-state index in [0.29, 0.717) is 17.1 Å². The van der Waals surface area contributed by atoms with E-state index in [4.69, 9.17) is 11.1 Å². The zero-order valence-electron chi connectivity index (χ0n) is 21.0. The van der Waals surface area contributed by atoms with Gasteiger partial charge in [0.15, 0.2) is 5.83 Å². The SMILES string of the molecule is C=C(F)C(=O)Nc1cc(C(=O)Nc2cc(C(=O)Nc3cc(C(=O)NCCC(=N)N)n(C)c3)n(C)c2)n(C)c1. The molecule has 3 aromatic rings. The molecule has 3 rings (SSSR count). The van der Waals surface area contributed by atoms with E-state index in [1.54, 1.807) is 38.1 Å². The van der Waals surface area contributed by atoms with Gasteiger partial charge in [-0.05, 0) is 18.2 Å². The Labute approximate surface area is 217 Å². The van der Waals surface area contributed by atoms with Gasteiger partial charge in [-0.15, -0.1) is 0 Å². The number of aromatic nitrogens is 3. The Bertz CT molecular complexity index is 1450. The van der Waals surface area contributed by atoms with Crippen LogP contribution in [0.1, 0.15) is 37.9 Å². The number of halogens is 1. The first-order valence-corrected chi connectivity index (χ1v) is 11.2. The largest absolute Gasteiger partial charge is 0.388 e. The molecule has 0 fully saturated rings. The maximum absolute atomic E-state index is 12.9. The van der Waals surface area contributed by atoms with Crippen molar-refractivity contribution in [2.75, 3.05) is 22.5 Å². The molecule has 0 radical (unpaired) electrons. The average Bonchev–Trinajstić information content (AvgIpc) is 3.49. The molecule has 0 saturated heterocycles. The third-order valence-electron chi connectivity index (χ3n) is 5.41. The van der Waals surface area contributed by atoms with Crippen molar-refractivity contribution in [2.45, 2.75) is 6.42 Å².